The van der Waals surface area contributed by atoms with Gasteiger partial charge in [0.1, 0.15) is 24.2 Å². The van der Waals surface area contributed by atoms with Crippen molar-refractivity contribution in [1.82, 2.24) is 14.8 Å². The zero-order valence-electron chi connectivity index (χ0n) is 10.5. The average Bonchev–Trinajstić information content (AvgIpc) is 2.88. The quantitative estimate of drug-likeness (QED) is 0.915. The molecule has 0 fully saturated rings. The summed E-state index contributed by atoms with van der Waals surface area (Å²) in [4.78, 5) is 14.1. The minimum Gasteiger partial charge on any atom is -0.491 e. The lowest BCUT2D eigenvalue weighted by molar-refractivity contribution is -0.145. The first kappa shape index (κ1) is 14.8. The van der Waals surface area contributed by atoms with Crippen LogP contribution in [0.3, 0.4) is 0 Å². The van der Waals surface area contributed by atoms with Crippen LogP contribution in [-0.2, 0) is 12.7 Å². The highest BCUT2D eigenvalue weighted by Crippen LogP contribution is 2.25. The van der Waals surface area contributed by atoms with Crippen molar-refractivity contribution in [2.75, 3.05) is 6.61 Å². The van der Waals surface area contributed by atoms with Crippen LogP contribution in [-0.4, -0.2) is 32.4 Å². The van der Waals surface area contributed by atoms with E-state index in [0.29, 0.717) is 0 Å². The molecule has 6 nitrogen and oxygen atoms in total. The number of ether oxygens (including phenoxy) is 1. The second kappa shape index (κ2) is 5.81. The Kier molecular flexibility index (Phi) is 4.10. The monoisotopic (exact) mass is 301 g/mol. The van der Waals surface area contributed by atoms with Gasteiger partial charge in [-0.25, -0.2) is 14.5 Å². The normalized spacial score (nSPS) is 11.4. The summed E-state index contributed by atoms with van der Waals surface area (Å²) < 4.78 is 43.1. The van der Waals surface area contributed by atoms with E-state index in [4.69, 9.17) is 9.84 Å². The van der Waals surface area contributed by atoms with Crippen LogP contribution in [0.5, 0.6) is 5.75 Å². The zero-order valence-corrected chi connectivity index (χ0v) is 10.5. The molecule has 1 heterocycles. The maximum absolute atomic E-state index is 12.3. The largest absolute Gasteiger partial charge is 0.491 e. The second-order valence-corrected chi connectivity index (χ2v) is 3.98. The first-order valence-electron chi connectivity index (χ1n) is 5.79. The van der Waals surface area contributed by atoms with E-state index in [9.17, 15) is 18.0 Å². The number of para-hydroxylation sites is 1. The number of alkyl halides is 3. The Morgan fingerprint density at radius 2 is 2.05 bits per heavy atom. The molecule has 21 heavy (non-hydrogen) atoms. The van der Waals surface area contributed by atoms with Crippen LogP contribution >= 0.6 is 0 Å². The van der Waals surface area contributed by atoms with E-state index in [-0.39, 0.29) is 24.5 Å². The number of carboxylic acid groups (broad SMARTS) is 1. The lowest BCUT2D eigenvalue weighted by atomic mass is 10.2. The third-order valence-corrected chi connectivity index (χ3v) is 2.49. The van der Waals surface area contributed by atoms with Crippen molar-refractivity contribution in [3.8, 4) is 5.75 Å². The number of nitrogens with zero attached hydrogens (tertiary/aromatic N) is 3. The van der Waals surface area contributed by atoms with Crippen LogP contribution in [0.4, 0.5) is 13.2 Å². The van der Waals surface area contributed by atoms with Gasteiger partial charge in [-0.2, -0.15) is 13.2 Å². The second-order valence-electron chi connectivity index (χ2n) is 3.98. The summed E-state index contributed by atoms with van der Waals surface area (Å²) >= 11 is 0. The maximum atomic E-state index is 12.3. The summed E-state index contributed by atoms with van der Waals surface area (Å²) in [6.07, 6.45) is -3.66. The summed E-state index contributed by atoms with van der Waals surface area (Å²) in [7, 11) is 0. The average molecular weight is 301 g/mol. The maximum Gasteiger partial charge on any atom is 0.453 e. The van der Waals surface area contributed by atoms with Gasteiger partial charge in [-0.15, -0.1) is 5.10 Å². The number of rotatable bonds is 5. The minimum atomic E-state index is -4.60. The topological polar surface area (TPSA) is 77.2 Å². The van der Waals surface area contributed by atoms with Gasteiger partial charge < -0.3 is 9.84 Å². The van der Waals surface area contributed by atoms with Crippen LogP contribution in [0, 0.1) is 0 Å². The standard InChI is InChI=1S/C12H10F3N3O3/c13-12(14,15)11-16-7-18(17-11)5-6-21-9-4-2-1-3-8(9)10(19)20/h1-4,7H,5-6H2,(H,19,20). The molecular formula is C12H10F3N3O3. The molecule has 0 amide bonds. The Morgan fingerprint density at radius 1 is 1.33 bits per heavy atom. The third-order valence-electron chi connectivity index (χ3n) is 2.49. The van der Waals surface area contributed by atoms with Crippen molar-refractivity contribution in [3.05, 3.63) is 42.0 Å². The number of aromatic carboxylic acids is 1. The zero-order chi connectivity index (χ0) is 15.5. The lowest BCUT2D eigenvalue weighted by Crippen LogP contribution is -2.13. The molecule has 0 aliphatic heterocycles. The first-order chi connectivity index (χ1) is 9.88. The van der Waals surface area contributed by atoms with E-state index >= 15 is 0 Å². The molecule has 0 aliphatic rings. The van der Waals surface area contributed by atoms with Crippen molar-refractivity contribution in [2.24, 2.45) is 0 Å². The van der Waals surface area contributed by atoms with Gasteiger partial charge in [0.15, 0.2) is 0 Å². The van der Waals surface area contributed by atoms with Crippen molar-refractivity contribution in [3.63, 3.8) is 0 Å². The molecule has 0 atom stereocenters. The summed E-state index contributed by atoms with van der Waals surface area (Å²) in [5.41, 5.74) is -0.0212. The van der Waals surface area contributed by atoms with Gasteiger partial charge in [0.25, 0.3) is 5.82 Å². The molecule has 1 aromatic carbocycles. The smallest absolute Gasteiger partial charge is 0.453 e. The van der Waals surface area contributed by atoms with Crippen molar-refractivity contribution < 1.29 is 27.8 Å². The highest BCUT2D eigenvalue weighted by Gasteiger charge is 2.35. The molecule has 0 spiro atoms. The molecule has 9 heteroatoms. The van der Waals surface area contributed by atoms with Crippen LogP contribution in [0.25, 0.3) is 0 Å². The summed E-state index contributed by atoms with van der Waals surface area (Å²) in [6, 6.07) is 5.98. The van der Waals surface area contributed by atoms with Crippen LogP contribution in [0.15, 0.2) is 30.6 Å². The molecule has 0 aliphatic carbocycles. The summed E-state index contributed by atoms with van der Waals surface area (Å²) in [5, 5.41) is 12.2. The van der Waals surface area contributed by atoms with E-state index in [1.54, 1.807) is 12.1 Å². The summed E-state index contributed by atoms with van der Waals surface area (Å²) in [5.74, 6) is -2.24. The van der Waals surface area contributed by atoms with Gasteiger partial charge in [0.2, 0.25) is 0 Å². The number of hydrogen-bond donors (Lipinski definition) is 1. The van der Waals surface area contributed by atoms with Gasteiger partial charge in [-0.3, -0.25) is 0 Å². The number of carbonyl (C=O) groups is 1. The van der Waals surface area contributed by atoms with E-state index in [1.807, 2.05) is 0 Å². The Balaban J connectivity index is 1.96. The van der Waals surface area contributed by atoms with E-state index in [0.717, 1.165) is 11.0 Å². The number of carboxylic acids is 1. The Hall–Kier alpha value is -2.58. The van der Waals surface area contributed by atoms with E-state index in [2.05, 4.69) is 10.1 Å². The van der Waals surface area contributed by atoms with Gasteiger partial charge in [-0.05, 0) is 12.1 Å². The van der Waals surface area contributed by atoms with Gasteiger partial charge in [-0.1, -0.05) is 12.1 Å². The Labute approximate surface area is 116 Å². The molecule has 0 saturated heterocycles. The lowest BCUT2D eigenvalue weighted by Gasteiger charge is -2.08. The van der Waals surface area contributed by atoms with E-state index < -0.39 is 18.0 Å². The first-order valence-corrected chi connectivity index (χ1v) is 5.79. The highest BCUT2D eigenvalue weighted by atomic mass is 19.4. The number of aromatic nitrogens is 3. The predicted octanol–water partition coefficient (Wildman–Crippen LogP) is 2.07. The fourth-order valence-electron chi connectivity index (χ4n) is 1.55. The molecule has 112 valence electrons. The molecular weight excluding hydrogens is 291 g/mol. The fourth-order valence-corrected chi connectivity index (χ4v) is 1.55. The van der Waals surface area contributed by atoms with Crippen molar-refractivity contribution in [1.29, 1.82) is 0 Å². The van der Waals surface area contributed by atoms with Crippen molar-refractivity contribution >= 4 is 5.97 Å². The third kappa shape index (κ3) is 3.71. The molecule has 1 aromatic heterocycles. The number of benzene rings is 1. The molecule has 0 unspecified atom stereocenters. The fraction of sp³-hybridized carbons (Fsp3) is 0.250. The van der Waals surface area contributed by atoms with Crippen LogP contribution < -0.4 is 4.74 Å². The molecule has 2 rings (SSSR count). The molecule has 0 bridgehead atoms. The van der Waals surface area contributed by atoms with E-state index in [1.165, 1.54) is 12.1 Å². The number of halogens is 3. The Bertz CT molecular complexity index is 640. The van der Waals surface area contributed by atoms with Crippen LogP contribution in [0.1, 0.15) is 16.2 Å². The predicted molar refractivity (Wildman–Crippen MR) is 63.9 cm³/mol. The SMILES string of the molecule is O=C(O)c1ccccc1OCCn1cnc(C(F)(F)F)n1. The molecule has 0 saturated carbocycles. The molecule has 2 aromatic rings. The van der Waals surface area contributed by atoms with Gasteiger partial charge in [0, 0.05) is 0 Å². The Morgan fingerprint density at radius 3 is 2.67 bits per heavy atom. The van der Waals surface area contributed by atoms with Crippen molar-refractivity contribution in [2.45, 2.75) is 12.7 Å². The van der Waals surface area contributed by atoms with Gasteiger partial charge >= 0.3 is 12.1 Å². The van der Waals surface area contributed by atoms with Gasteiger partial charge in [0.05, 0.1) is 6.54 Å². The summed E-state index contributed by atoms with van der Waals surface area (Å²) in [6.45, 7) is -0.0258. The number of hydrogen-bond acceptors (Lipinski definition) is 4. The molecule has 1 N–H and O–H groups in total. The highest BCUT2D eigenvalue weighted by molar-refractivity contribution is 5.90. The van der Waals surface area contributed by atoms with Crippen LogP contribution in [0.2, 0.25) is 0 Å². The molecule has 0 radical (unpaired) electrons. The minimum absolute atomic E-state index is 0.0109.